The molecule has 22 heavy (non-hydrogen) atoms. The summed E-state index contributed by atoms with van der Waals surface area (Å²) in [6, 6.07) is 27.0. The third-order valence-electron chi connectivity index (χ3n) is 3.88. The van der Waals surface area contributed by atoms with Crippen LogP contribution in [0.2, 0.25) is 5.02 Å². The van der Waals surface area contributed by atoms with Crippen LogP contribution in [0.15, 0.2) is 85.1 Å². The topological polar surface area (TPSA) is 4.41 Å². The predicted molar refractivity (Wildman–Crippen MR) is 93.3 cm³/mol. The first-order valence-electron chi connectivity index (χ1n) is 7.24. The molecule has 0 radical (unpaired) electrons. The van der Waals surface area contributed by atoms with Crippen LogP contribution in [0.4, 0.5) is 0 Å². The third-order valence-corrected chi connectivity index (χ3v) is 4.13. The lowest BCUT2D eigenvalue weighted by molar-refractivity contribution is 1.20. The van der Waals surface area contributed by atoms with Gasteiger partial charge in [-0.1, -0.05) is 60.1 Å². The molecule has 0 aliphatic rings. The van der Waals surface area contributed by atoms with E-state index in [1.807, 2.05) is 18.2 Å². The molecule has 2 aromatic carbocycles. The van der Waals surface area contributed by atoms with Gasteiger partial charge in [-0.2, -0.15) is 0 Å². The molecule has 0 spiro atoms. The number of pyridine rings is 1. The molecule has 0 aliphatic heterocycles. The summed E-state index contributed by atoms with van der Waals surface area (Å²) in [4.78, 5) is 0. The first kappa shape index (κ1) is 13.2. The van der Waals surface area contributed by atoms with Gasteiger partial charge in [-0.3, -0.25) is 0 Å². The van der Waals surface area contributed by atoms with Gasteiger partial charge in [0.05, 0.1) is 5.69 Å². The van der Waals surface area contributed by atoms with Crippen LogP contribution in [-0.2, 0) is 0 Å². The van der Waals surface area contributed by atoms with E-state index in [1.54, 1.807) is 0 Å². The monoisotopic (exact) mass is 303 g/mol. The average molecular weight is 304 g/mol. The fraction of sp³-hybridized carbons (Fsp3) is 0. The van der Waals surface area contributed by atoms with Crippen LogP contribution in [0.1, 0.15) is 0 Å². The fourth-order valence-electron chi connectivity index (χ4n) is 2.86. The van der Waals surface area contributed by atoms with Crippen molar-refractivity contribution < 1.29 is 0 Å². The second-order valence-electron chi connectivity index (χ2n) is 5.28. The highest BCUT2D eigenvalue weighted by Crippen LogP contribution is 2.35. The molecule has 0 saturated carbocycles. The van der Waals surface area contributed by atoms with Crippen molar-refractivity contribution in [1.29, 1.82) is 0 Å². The Balaban J connectivity index is 2.04. The highest BCUT2D eigenvalue weighted by molar-refractivity contribution is 6.30. The van der Waals surface area contributed by atoms with Crippen LogP contribution in [0.25, 0.3) is 27.9 Å². The second-order valence-corrected chi connectivity index (χ2v) is 5.71. The molecular formula is C20H14ClN. The zero-order chi connectivity index (χ0) is 14.9. The summed E-state index contributed by atoms with van der Waals surface area (Å²) in [5.41, 5.74) is 5.99. The highest BCUT2D eigenvalue weighted by Gasteiger charge is 2.13. The molecule has 4 rings (SSSR count). The Hall–Kier alpha value is -2.51. The van der Waals surface area contributed by atoms with E-state index >= 15 is 0 Å². The van der Waals surface area contributed by atoms with E-state index in [9.17, 15) is 0 Å². The van der Waals surface area contributed by atoms with Crippen molar-refractivity contribution in [3.63, 3.8) is 0 Å². The summed E-state index contributed by atoms with van der Waals surface area (Å²) in [7, 11) is 0. The maximum atomic E-state index is 6.04. The fourth-order valence-corrected chi connectivity index (χ4v) is 2.99. The molecule has 0 aliphatic carbocycles. The van der Waals surface area contributed by atoms with Gasteiger partial charge in [-0.15, -0.1) is 0 Å². The van der Waals surface area contributed by atoms with Crippen molar-refractivity contribution in [3.8, 4) is 22.4 Å². The van der Waals surface area contributed by atoms with Gasteiger partial charge in [0.25, 0.3) is 0 Å². The van der Waals surface area contributed by atoms with Gasteiger partial charge in [0.2, 0.25) is 0 Å². The Morgan fingerprint density at radius 3 is 2.18 bits per heavy atom. The molecule has 0 saturated heterocycles. The van der Waals surface area contributed by atoms with Gasteiger partial charge in [-0.25, -0.2) is 0 Å². The van der Waals surface area contributed by atoms with Gasteiger partial charge >= 0.3 is 0 Å². The quantitative estimate of drug-likeness (QED) is 0.432. The average Bonchev–Trinajstić information content (AvgIpc) is 2.96. The maximum Gasteiger partial charge on any atom is 0.0607 e. The van der Waals surface area contributed by atoms with Crippen molar-refractivity contribution >= 4 is 17.1 Å². The van der Waals surface area contributed by atoms with Gasteiger partial charge in [-0.05, 0) is 41.5 Å². The molecule has 0 N–H and O–H groups in total. The normalized spacial score (nSPS) is 11.0. The lowest BCUT2D eigenvalue weighted by atomic mass is 10.0. The Kier molecular flexibility index (Phi) is 3.21. The van der Waals surface area contributed by atoms with Crippen LogP contribution in [0, 0.1) is 0 Å². The summed E-state index contributed by atoms with van der Waals surface area (Å²) >= 11 is 6.04. The third kappa shape index (κ3) is 2.20. The molecule has 0 bridgehead atoms. The lowest BCUT2D eigenvalue weighted by Gasteiger charge is -2.07. The molecule has 0 fully saturated rings. The minimum absolute atomic E-state index is 0.755. The molecule has 2 aromatic heterocycles. The van der Waals surface area contributed by atoms with E-state index < -0.39 is 0 Å². The van der Waals surface area contributed by atoms with E-state index in [1.165, 1.54) is 22.3 Å². The number of halogens is 1. The van der Waals surface area contributed by atoms with Crippen LogP contribution in [-0.4, -0.2) is 4.40 Å². The lowest BCUT2D eigenvalue weighted by Crippen LogP contribution is -1.88. The molecule has 4 aromatic rings. The molecule has 106 valence electrons. The molecule has 0 atom stereocenters. The molecule has 1 nitrogen and oxygen atoms in total. The Bertz CT molecular complexity index is 921. The van der Waals surface area contributed by atoms with E-state index in [4.69, 9.17) is 11.6 Å². The number of rotatable bonds is 2. The van der Waals surface area contributed by atoms with Gasteiger partial charge < -0.3 is 4.40 Å². The molecular weight excluding hydrogens is 290 g/mol. The Labute approximate surface area is 134 Å². The number of hydrogen-bond donors (Lipinski definition) is 0. The highest BCUT2D eigenvalue weighted by atomic mass is 35.5. The van der Waals surface area contributed by atoms with Crippen LogP contribution in [0.5, 0.6) is 0 Å². The van der Waals surface area contributed by atoms with E-state index in [0.29, 0.717) is 0 Å². The number of nitrogens with zero attached hydrogens (tertiary/aromatic N) is 1. The molecule has 2 heterocycles. The van der Waals surface area contributed by atoms with Crippen molar-refractivity contribution in [2.24, 2.45) is 0 Å². The summed E-state index contributed by atoms with van der Waals surface area (Å²) in [5, 5.41) is 0.755. The SMILES string of the molecule is Clc1ccc(-c2c(-c3ccccc3)cc3ccccn23)cc1. The summed E-state index contributed by atoms with van der Waals surface area (Å²) in [5.74, 6) is 0. The van der Waals surface area contributed by atoms with Gasteiger partial charge in [0.1, 0.15) is 0 Å². The molecule has 0 unspecified atom stereocenters. The van der Waals surface area contributed by atoms with Crippen LogP contribution >= 0.6 is 11.6 Å². The van der Waals surface area contributed by atoms with E-state index in [-0.39, 0.29) is 0 Å². The molecule has 2 heteroatoms. The van der Waals surface area contributed by atoms with Gasteiger partial charge in [0, 0.05) is 22.3 Å². The van der Waals surface area contributed by atoms with Crippen molar-refractivity contribution in [2.75, 3.05) is 0 Å². The maximum absolute atomic E-state index is 6.04. The minimum Gasteiger partial charge on any atom is -0.316 e. The smallest absolute Gasteiger partial charge is 0.0607 e. The largest absolute Gasteiger partial charge is 0.316 e. The second kappa shape index (κ2) is 5.36. The van der Waals surface area contributed by atoms with Crippen molar-refractivity contribution in [3.05, 3.63) is 90.1 Å². The minimum atomic E-state index is 0.755. The number of hydrogen-bond acceptors (Lipinski definition) is 0. The first-order chi connectivity index (χ1) is 10.8. The summed E-state index contributed by atoms with van der Waals surface area (Å²) < 4.78 is 2.23. The zero-order valence-corrected chi connectivity index (χ0v) is 12.7. The van der Waals surface area contributed by atoms with Crippen LogP contribution < -0.4 is 0 Å². The Morgan fingerprint density at radius 2 is 1.41 bits per heavy atom. The van der Waals surface area contributed by atoms with Crippen molar-refractivity contribution in [2.45, 2.75) is 0 Å². The van der Waals surface area contributed by atoms with Crippen LogP contribution in [0.3, 0.4) is 0 Å². The predicted octanol–water partition coefficient (Wildman–Crippen LogP) is 5.93. The zero-order valence-electron chi connectivity index (χ0n) is 11.9. The van der Waals surface area contributed by atoms with E-state index in [2.05, 4.69) is 71.3 Å². The first-order valence-corrected chi connectivity index (χ1v) is 7.62. The number of aromatic nitrogens is 1. The molecule has 0 amide bonds. The Morgan fingerprint density at radius 1 is 0.682 bits per heavy atom. The van der Waals surface area contributed by atoms with Gasteiger partial charge in [0.15, 0.2) is 0 Å². The van der Waals surface area contributed by atoms with E-state index in [0.717, 1.165) is 10.6 Å². The number of fused-ring (bicyclic) bond motifs is 1. The van der Waals surface area contributed by atoms with Crippen molar-refractivity contribution in [1.82, 2.24) is 4.40 Å². The standard InChI is InChI=1S/C20H14ClN/c21-17-11-9-16(10-12-17)20-19(15-6-2-1-3-7-15)14-18-8-4-5-13-22(18)20/h1-14H. The number of benzene rings is 2. The summed E-state index contributed by atoms with van der Waals surface area (Å²) in [6.45, 7) is 0. The summed E-state index contributed by atoms with van der Waals surface area (Å²) in [6.07, 6.45) is 2.10.